The number of aliphatic hydroxyl groups excluding tert-OH is 1. The maximum absolute atomic E-state index is 10.4. The predicted octanol–water partition coefficient (Wildman–Crippen LogP) is 2.62. The van der Waals surface area contributed by atoms with Crippen LogP contribution < -0.4 is 0 Å². The van der Waals surface area contributed by atoms with Gasteiger partial charge in [0.15, 0.2) is 0 Å². The molecule has 2 aliphatic rings. The molecule has 1 aliphatic carbocycles. The van der Waals surface area contributed by atoms with Crippen molar-refractivity contribution in [3.05, 3.63) is 35.4 Å². The summed E-state index contributed by atoms with van der Waals surface area (Å²) in [6.07, 6.45) is 2.43. The van der Waals surface area contributed by atoms with E-state index < -0.39 is 0 Å². The lowest BCUT2D eigenvalue weighted by atomic mass is 10.00. The van der Waals surface area contributed by atoms with Gasteiger partial charge in [0.2, 0.25) is 0 Å². The first-order valence-electron chi connectivity index (χ1n) is 8.38. The minimum Gasteiger partial charge on any atom is -0.387 e. The Labute approximate surface area is 128 Å². The summed E-state index contributed by atoms with van der Waals surface area (Å²) >= 11 is 0. The Morgan fingerprint density at radius 2 is 1.57 bits per heavy atom. The molecule has 3 heteroatoms. The normalized spacial score (nSPS) is 22.7. The van der Waals surface area contributed by atoms with Gasteiger partial charge in [0, 0.05) is 38.8 Å². The molecule has 0 radical (unpaired) electrons. The molecule has 1 atom stereocenters. The number of aliphatic hydroxyl groups is 1. The summed E-state index contributed by atoms with van der Waals surface area (Å²) in [5.41, 5.74) is 2.38. The summed E-state index contributed by atoms with van der Waals surface area (Å²) in [6.45, 7) is 9.69. The SMILES string of the molecule is CC(C)c1ccc(C(O)CN2CCN(C3CC3)CC2)cc1. The van der Waals surface area contributed by atoms with E-state index in [1.807, 2.05) is 0 Å². The van der Waals surface area contributed by atoms with E-state index in [4.69, 9.17) is 0 Å². The summed E-state index contributed by atoms with van der Waals surface area (Å²) < 4.78 is 0. The molecular formula is C18H28N2O. The number of hydrogen-bond donors (Lipinski definition) is 1. The molecule has 0 amide bonds. The van der Waals surface area contributed by atoms with Crippen LogP contribution in [0, 0.1) is 0 Å². The minimum absolute atomic E-state index is 0.362. The van der Waals surface area contributed by atoms with Crippen molar-refractivity contribution in [1.29, 1.82) is 0 Å². The van der Waals surface area contributed by atoms with Crippen LogP contribution >= 0.6 is 0 Å². The average molecular weight is 288 g/mol. The van der Waals surface area contributed by atoms with E-state index in [9.17, 15) is 5.11 Å². The van der Waals surface area contributed by atoms with E-state index in [1.165, 1.54) is 31.5 Å². The van der Waals surface area contributed by atoms with Crippen LogP contribution in [0.25, 0.3) is 0 Å². The van der Waals surface area contributed by atoms with Gasteiger partial charge < -0.3 is 5.11 Å². The van der Waals surface area contributed by atoms with Crippen LogP contribution in [0.1, 0.15) is 49.8 Å². The largest absolute Gasteiger partial charge is 0.387 e. The standard InChI is InChI=1S/C18H28N2O/c1-14(2)15-3-5-16(6-4-15)18(21)13-19-9-11-20(12-10-19)17-7-8-17/h3-6,14,17-18,21H,7-13H2,1-2H3. The van der Waals surface area contributed by atoms with Gasteiger partial charge in [0.25, 0.3) is 0 Å². The number of rotatable bonds is 5. The molecule has 1 N–H and O–H groups in total. The van der Waals surface area contributed by atoms with E-state index in [0.29, 0.717) is 5.92 Å². The zero-order valence-corrected chi connectivity index (χ0v) is 13.3. The lowest BCUT2D eigenvalue weighted by molar-refractivity contribution is 0.0700. The molecular weight excluding hydrogens is 260 g/mol. The number of nitrogens with zero attached hydrogens (tertiary/aromatic N) is 2. The maximum atomic E-state index is 10.4. The molecule has 1 saturated carbocycles. The van der Waals surface area contributed by atoms with Gasteiger partial charge in [-0.1, -0.05) is 38.1 Å². The smallest absolute Gasteiger partial charge is 0.0916 e. The molecule has 1 aromatic rings. The Morgan fingerprint density at radius 1 is 1.00 bits per heavy atom. The van der Waals surface area contributed by atoms with Crippen molar-refractivity contribution in [2.75, 3.05) is 32.7 Å². The lowest BCUT2D eigenvalue weighted by Crippen LogP contribution is -2.48. The summed E-state index contributed by atoms with van der Waals surface area (Å²) in [5.74, 6) is 0.548. The van der Waals surface area contributed by atoms with Crippen molar-refractivity contribution < 1.29 is 5.11 Å². The zero-order chi connectivity index (χ0) is 14.8. The van der Waals surface area contributed by atoms with E-state index in [1.54, 1.807) is 0 Å². The van der Waals surface area contributed by atoms with Crippen molar-refractivity contribution in [2.45, 2.75) is 44.8 Å². The van der Waals surface area contributed by atoms with Crippen molar-refractivity contribution in [3.63, 3.8) is 0 Å². The Kier molecular flexibility index (Phi) is 4.63. The fraction of sp³-hybridized carbons (Fsp3) is 0.667. The van der Waals surface area contributed by atoms with Crippen molar-refractivity contribution >= 4 is 0 Å². The molecule has 0 spiro atoms. The summed E-state index contributed by atoms with van der Waals surface area (Å²) in [6, 6.07) is 9.34. The van der Waals surface area contributed by atoms with Crippen LogP contribution in [0.2, 0.25) is 0 Å². The van der Waals surface area contributed by atoms with Gasteiger partial charge in [-0.3, -0.25) is 9.80 Å². The highest BCUT2D eigenvalue weighted by atomic mass is 16.3. The highest BCUT2D eigenvalue weighted by molar-refractivity contribution is 5.26. The van der Waals surface area contributed by atoms with Crippen molar-refractivity contribution in [1.82, 2.24) is 9.80 Å². The second-order valence-corrected chi connectivity index (χ2v) is 6.90. The molecule has 1 heterocycles. The third-order valence-corrected chi connectivity index (χ3v) is 4.89. The minimum atomic E-state index is -0.362. The fourth-order valence-electron chi connectivity index (χ4n) is 3.20. The molecule has 1 aliphatic heterocycles. The van der Waals surface area contributed by atoms with E-state index in [2.05, 4.69) is 47.9 Å². The summed E-state index contributed by atoms with van der Waals surface area (Å²) in [4.78, 5) is 5.01. The predicted molar refractivity (Wildman–Crippen MR) is 86.5 cm³/mol. The monoisotopic (exact) mass is 288 g/mol. The molecule has 2 fully saturated rings. The molecule has 1 unspecified atom stereocenters. The van der Waals surface area contributed by atoms with Gasteiger partial charge in [0.1, 0.15) is 0 Å². The third kappa shape index (κ3) is 3.85. The van der Waals surface area contributed by atoms with Crippen LogP contribution in [0.5, 0.6) is 0 Å². The number of β-amino-alcohol motifs (C(OH)–C–C–N with tert-alkyl or cyclic N) is 1. The van der Waals surface area contributed by atoms with Gasteiger partial charge in [-0.15, -0.1) is 0 Å². The Hall–Kier alpha value is -0.900. The molecule has 1 aromatic carbocycles. The number of piperazine rings is 1. The first-order valence-corrected chi connectivity index (χ1v) is 8.38. The molecule has 21 heavy (non-hydrogen) atoms. The van der Waals surface area contributed by atoms with Crippen LogP contribution in [0.15, 0.2) is 24.3 Å². The van der Waals surface area contributed by atoms with Gasteiger partial charge in [-0.2, -0.15) is 0 Å². The molecule has 116 valence electrons. The average Bonchev–Trinajstić information content (AvgIpc) is 3.33. The van der Waals surface area contributed by atoms with E-state index >= 15 is 0 Å². The molecule has 0 aromatic heterocycles. The van der Waals surface area contributed by atoms with Crippen LogP contribution in [-0.2, 0) is 0 Å². The topological polar surface area (TPSA) is 26.7 Å². The quantitative estimate of drug-likeness (QED) is 0.902. The number of benzene rings is 1. The van der Waals surface area contributed by atoms with Crippen LogP contribution in [0.4, 0.5) is 0 Å². The molecule has 1 saturated heterocycles. The first-order chi connectivity index (χ1) is 10.1. The van der Waals surface area contributed by atoms with Crippen molar-refractivity contribution in [3.8, 4) is 0 Å². The van der Waals surface area contributed by atoms with Gasteiger partial charge in [-0.05, 0) is 29.9 Å². The van der Waals surface area contributed by atoms with Gasteiger partial charge in [-0.25, -0.2) is 0 Å². The van der Waals surface area contributed by atoms with Crippen molar-refractivity contribution in [2.24, 2.45) is 0 Å². The van der Waals surface area contributed by atoms with Crippen LogP contribution in [0.3, 0.4) is 0 Å². The highest BCUT2D eigenvalue weighted by Crippen LogP contribution is 2.28. The van der Waals surface area contributed by atoms with Gasteiger partial charge >= 0.3 is 0 Å². The Morgan fingerprint density at radius 3 is 2.10 bits per heavy atom. The lowest BCUT2D eigenvalue weighted by Gasteiger charge is -2.35. The Balaban J connectivity index is 1.50. The fourth-order valence-corrected chi connectivity index (χ4v) is 3.20. The molecule has 3 rings (SSSR count). The molecule has 0 bridgehead atoms. The first kappa shape index (κ1) is 15.0. The molecule has 3 nitrogen and oxygen atoms in total. The maximum Gasteiger partial charge on any atom is 0.0916 e. The number of hydrogen-bond acceptors (Lipinski definition) is 3. The van der Waals surface area contributed by atoms with E-state index in [-0.39, 0.29) is 6.10 Å². The third-order valence-electron chi connectivity index (χ3n) is 4.89. The Bertz CT molecular complexity index is 445. The van der Waals surface area contributed by atoms with Gasteiger partial charge in [0.05, 0.1) is 6.10 Å². The highest BCUT2D eigenvalue weighted by Gasteiger charge is 2.31. The second-order valence-electron chi connectivity index (χ2n) is 6.90. The zero-order valence-electron chi connectivity index (χ0n) is 13.3. The van der Waals surface area contributed by atoms with Crippen LogP contribution in [-0.4, -0.2) is 53.7 Å². The summed E-state index contributed by atoms with van der Waals surface area (Å²) in [7, 11) is 0. The summed E-state index contributed by atoms with van der Waals surface area (Å²) in [5, 5.41) is 10.4. The second kappa shape index (κ2) is 6.47. The van der Waals surface area contributed by atoms with E-state index in [0.717, 1.165) is 31.2 Å².